The van der Waals surface area contributed by atoms with Crippen molar-refractivity contribution in [2.24, 2.45) is 11.8 Å². The van der Waals surface area contributed by atoms with Crippen LogP contribution in [-0.2, 0) is 0 Å². The van der Waals surface area contributed by atoms with Crippen molar-refractivity contribution in [2.75, 3.05) is 0 Å². The van der Waals surface area contributed by atoms with Crippen LogP contribution in [0.3, 0.4) is 0 Å². The molecule has 69 heavy (non-hydrogen) atoms. The maximum absolute atomic E-state index is 6.46. The molecular weight excluding hydrogens is 843 g/mol. The number of rotatable bonds is 7. The second-order valence-corrected chi connectivity index (χ2v) is 18.8. The standard InChI is InChI=1S/C63H47N5O/c1-5-19-40(20-6-1)50-37-44(63-65-61(42-23-9-3-10-24-42)64-62(66-63)43-33-34-47-46-27-15-18-32-56(46)69-57(47)39-43)38-51(41-21-7-2-8-22-41)60(50)68-53-31-17-14-29-49(53)59-55(68)36-35-54-58(59)48-28-13-16-30-52(48)67(54)45-25-11-4-12-26-45/h1,3-7,9-19,21-33,35-36,38-40,47,50H,2,8,20,34,37H2. The Hall–Kier alpha value is -8.35. The van der Waals surface area contributed by atoms with Crippen molar-refractivity contribution in [2.45, 2.75) is 38.0 Å². The molecule has 0 saturated heterocycles. The number of fused-ring (bicyclic) bond motifs is 10. The number of nitrogens with zero attached hydrogens (tertiary/aromatic N) is 5. The molecule has 0 N–H and O–H groups in total. The van der Waals surface area contributed by atoms with Crippen LogP contribution in [0.15, 0.2) is 223 Å². The van der Waals surface area contributed by atoms with E-state index >= 15 is 0 Å². The average molecular weight is 890 g/mol. The molecule has 4 aliphatic carbocycles. The third-order valence-electron chi connectivity index (χ3n) is 14.9. The molecule has 0 spiro atoms. The summed E-state index contributed by atoms with van der Waals surface area (Å²) in [5.74, 6) is 4.44. The van der Waals surface area contributed by atoms with E-state index in [0.29, 0.717) is 17.5 Å². The number of aromatic nitrogens is 5. The molecule has 0 fully saturated rings. The van der Waals surface area contributed by atoms with E-state index in [9.17, 15) is 0 Å². The van der Waals surface area contributed by atoms with Gasteiger partial charge in [0.1, 0.15) is 11.5 Å². The van der Waals surface area contributed by atoms with Crippen LogP contribution in [0.25, 0.3) is 77.5 Å². The van der Waals surface area contributed by atoms with E-state index in [1.165, 1.54) is 66.0 Å². The lowest BCUT2D eigenvalue weighted by Crippen LogP contribution is -2.24. The SMILES string of the molecule is C1=CCC(C2CC(c3nc(C4=CCC5C(=C4)Oc4ccccc45)nc(-c4ccccc4)n3)=CC(C3=CCCC=C3)=C2n2c3ccccc3c3c4c5ccccc5n(-c5ccccc5)c4ccc32)C=C1. The van der Waals surface area contributed by atoms with Crippen LogP contribution in [0.4, 0.5) is 0 Å². The van der Waals surface area contributed by atoms with Gasteiger partial charge in [0, 0.05) is 67.0 Å². The maximum atomic E-state index is 6.46. The average Bonchev–Trinajstić information content (AvgIpc) is 4.09. The summed E-state index contributed by atoms with van der Waals surface area (Å²) in [6.07, 6.45) is 27.7. The van der Waals surface area contributed by atoms with Gasteiger partial charge in [0.05, 0.1) is 22.1 Å². The fourth-order valence-corrected chi connectivity index (χ4v) is 11.8. The summed E-state index contributed by atoms with van der Waals surface area (Å²) in [5, 5.41) is 5.06. The van der Waals surface area contributed by atoms with Crippen molar-refractivity contribution in [1.29, 1.82) is 0 Å². The van der Waals surface area contributed by atoms with E-state index in [1.54, 1.807) is 0 Å². The molecule has 3 aromatic heterocycles. The summed E-state index contributed by atoms with van der Waals surface area (Å²) >= 11 is 0. The number of hydrogen-bond donors (Lipinski definition) is 0. The highest BCUT2D eigenvalue weighted by atomic mass is 16.5. The molecule has 6 nitrogen and oxygen atoms in total. The van der Waals surface area contributed by atoms with E-state index in [-0.39, 0.29) is 17.8 Å². The third kappa shape index (κ3) is 6.50. The summed E-state index contributed by atoms with van der Waals surface area (Å²) in [6.45, 7) is 0. The molecular formula is C63H47N5O. The summed E-state index contributed by atoms with van der Waals surface area (Å²) in [7, 11) is 0. The zero-order chi connectivity index (χ0) is 45.4. The number of hydrogen-bond acceptors (Lipinski definition) is 4. The Kier molecular flexibility index (Phi) is 9.32. The van der Waals surface area contributed by atoms with Crippen molar-refractivity contribution in [3.8, 4) is 22.8 Å². The van der Waals surface area contributed by atoms with Gasteiger partial charge in [-0.05, 0) is 104 Å². The van der Waals surface area contributed by atoms with Gasteiger partial charge < -0.3 is 13.9 Å². The molecule has 0 bridgehead atoms. The number of benzene rings is 6. The fraction of sp³-hybridized carbons (Fsp3) is 0.127. The molecule has 14 rings (SSSR count). The first-order valence-corrected chi connectivity index (χ1v) is 24.4. The second-order valence-electron chi connectivity index (χ2n) is 18.8. The number of allylic oxidation sites excluding steroid dienone is 16. The Labute approximate surface area is 400 Å². The van der Waals surface area contributed by atoms with Crippen molar-refractivity contribution in [3.05, 3.63) is 240 Å². The minimum absolute atomic E-state index is 0.0837. The highest BCUT2D eigenvalue weighted by Gasteiger charge is 2.36. The normalized spacial score (nSPS) is 19.7. The van der Waals surface area contributed by atoms with Gasteiger partial charge in [-0.2, -0.15) is 0 Å². The van der Waals surface area contributed by atoms with Gasteiger partial charge >= 0.3 is 0 Å². The summed E-state index contributed by atoms with van der Waals surface area (Å²) < 4.78 is 11.5. The molecule has 3 unspecified atom stereocenters. The smallest absolute Gasteiger partial charge is 0.164 e. The Balaban J connectivity index is 1.02. The molecule has 4 heterocycles. The zero-order valence-electron chi connectivity index (χ0n) is 38.0. The van der Waals surface area contributed by atoms with Crippen LogP contribution in [0.5, 0.6) is 5.75 Å². The lowest BCUT2D eigenvalue weighted by Gasteiger charge is -2.35. The van der Waals surface area contributed by atoms with E-state index in [0.717, 1.165) is 66.0 Å². The van der Waals surface area contributed by atoms with Crippen LogP contribution < -0.4 is 4.74 Å². The summed E-state index contributed by atoms with van der Waals surface area (Å²) in [5.41, 5.74) is 14.0. The molecule has 3 atom stereocenters. The van der Waals surface area contributed by atoms with Gasteiger partial charge in [0.15, 0.2) is 17.5 Å². The fourth-order valence-electron chi connectivity index (χ4n) is 11.8. The van der Waals surface area contributed by atoms with Crippen molar-refractivity contribution >= 4 is 60.5 Å². The Morgan fingerprint density at radius 2 is 1.23 bits per heavy atom. The van der Waals surface area contributed by atoms with Crippen LogP contribution >= 0.6 is 0 Å². The van der Waals surface area contributed by atoms with E-state index < -0.39 is 0 Å². The van der Waals surface area contributed by atoms with Gasteiger partial charge in [0.25, 0.3) is 0 Å². The van der Waals surface area contributed by atoms with Gasteiger partial charge in [-0.1, -0.05) is 152 Å². The van der Waals surface area contributed by atoms with Crippen molar-refractivity contribution < 1.29 is 4.74 Å². The second kappa shape index (κ2) is 16.2. The zero-order valence-corrected chi connectivity index (χ0v) is 38.0. The number of ether oxygens (including phenoxy) is 1. The Morgan fingerprint density at radius 3 is 2.00 bits per heavy atom. The van der Waals surface area contributed by atoms with Crippen LogP contribution in [0, 0.1) is 11.8 Å². The first-order chi connectivity index (χ1) is 34.2. The van der Waals surface area contributed by atoms with E-state index in [1.807, 2.05) is 12.1 Å². The molecule has 1 aliphatic heterocycles. The predicted molar refractivity (Wildman–Crippen MR) is 282 cm³/mol. The lowest BCUT2D eigenvalue weighted by atomic mass is 9.74. The number of para-hydroxylation sites is 4. The van der Waals surface area contributed by atoms with E-state index in [2.05, 4.69) is 203 Å². The van der Waals surface area contributed by atoms with Crippen molar-refractivity contribution in [3.63, 3.8) is 0 Å². The Morgan fingerprint density at radius 1 is 0.536 bits per heavy atom. The predicted octanol–water partition coefficient (Wildman–Crippen LogP) is 15.3. The van der Waals surface area contributed by atoms with Gasteiger partial charge in [0.2, 0.25) is 0 Å². The van der Waals surface area contributed by atoms with Crippen LogP contribution in [-0.4, -0.2) is 24.1 Å². The van der Waals surface area contributed by atoms with Gasteiger partial charge in [-0.15, -0.1) is 0 Å². The van der Waals surface area contributed by atoms with Crippen molar-refractivity contribution in [1.82, 2.24) is 24.1 Å². The minimum atomic E-state index is 0.0837. The molecule has 6 aromatic carbocycles. The van der Waals surface area contributed by atoms with Gasteiger partial charge in [-0.25, -0.2) is 15.0 Å². The lowest BCUT2D eigenvalue weighted by molar-refractivity contribution is 0.426. The first-order valence-electron chi connectivity index (χ1n) is 24.4. The maximum Gasteiger partial charge on any atom is 0.164 e. The molecule has 0 amide bonds. The van der Waals surface area contributed by atoms with Crippen LogP contribution in [0.2, 0.25) is 0 Å². The molecule has 0 saturated carbocycles. The van der Waals surface area contributed by atoms with E-state index in [4.69, 9.17) is 19.7 Å². The highest BCUT2D eigenvalue weighted by Crippen LogP contribution is 2.51. The molecule has 6 heteroatoms. The topological polar surface area (TPSA) is 57.8 Å². The van der Waals surface area contributed by atoms with Crippen LogP contribution in [0.1, 0.15) is 55.2 Å². The third-order valence-corrected chi connectivity index (χ3v) is 14.9. The first kappa shape index (κ1) is 39.8. The largest absolute Gasteiger partial charge is 0.461 e. The summed E-state index contributed by atoms with van der Waals surface area (Å²) in [4.78, 5) is 16.1. The molecule has 9 aromatic rings. The molecule has 0 radical (unpaired) electrons. The quantitative estimate of drug-likeness (QED) is 0.160. The summed E-state index contributed by atoms with van der Waals surface area (Å²) in [6, 6.07) is 52.2. The van der Waals surface area contributed by atoms with Gasteiger partial charge in [-0.3, -0.25) is 0 Å². The molecule has 330 valence electrons. The Bertz CT molecular complexity index is 3850. The minimum Gasteiger partial charge on any atom is -0.461 e. The highest BCUT2D eigenvalue weighted by molar-refractivity contribution is 6.29. The molecule has 5 aliphatic rings. The monoisotopic (exact) mass is 889 g/mol.